The van der Waals surface area contributed by atoms with E-state index in [0.29, 0.717) is 23.6 Å². The molecule has 1 N–H and O–H groups in total. The van der Waals surface area contributed by atoms with E-state index in [9.17, 15) is 9.59 Å². The van der Waals surface area contributed by atoms with Gasteiger partial charge in [-0.05, 0) is 42.7 Å². The Morgan fingerprint density at radius 1 is 1.27 bits per heavy atom. The number of aromatic nitrogens is 1. The number of hydrogen-bond donors (Lipinski definition) is 1. The van der Waals surface area contributed by atoms with Crippen molar-refractivity contribution in [3.63, 3.8) is 0 Å². The lowest BCUT2D eigenvalue weighted by atomic mass is 10.1. The second kappa shape index (κ2) is 8.01. The zero-order chi connectivity index (χ0) is 18.5. The molecule has 0 radical (unpaired) electrons. The third-order valence-electron chi connectivity index (χ3n) is 3.85. The Labute approximate surface area is 154 Å². The van der Waals surface area contributed by atoms with Gasteiger partial charge < -0.3 is 14.5 Å². The largest absolute Gasteiger partial charge is 0.482 e. The molecule has 0 atom stereocenters. The van der Waals surface area contributed by atoms with Crippen LogP contribution in [0.25, 0.3) is 11.0 Å². The van der Waals surface area contributed by atoms with Crippen molar-refractivity contribution >= 4 is 28.5 Å². The number of halogens is 1. The highest BCUT2D eigenvalue weighted by atomic mass is 35.5. The number of pyridine rings is 1. The Bertz CT molecular complexity index is 986. The summed E-state index contributed by atoms with van der Waals surface area (Å²) >= 11 is 6.20. The minimum atomic E-state index is -0.447. The molecule has 0 unspecified atom stereocenters. The van der Waals surface area contributed by atoms with E-state index in [1.165, 1.54) is 12.1 Å². The SMILES string of the molecule is Cc1cc(=O)oc2cc(OCC(=O)NCCc3ccncc3)c(Cl)cc12. The monoisotopic (exact) mass is 372 g/mol. The van der Waals surface area contributed by atoms with E-state index in [1.54, 1.807) is 25.4 Å². The van der Waals surface area contributed by atoms with E-state index >= 15 is 0 Å². The maximum Gasteiger partial charge on any atom is 0.336 e. The van der Waals surface area contributed by atoms with Gasteiger partial charge in [-0.25, -0.2) is 4.79 Å². The molecule has 2 heterocycles. The third kappa shape index (κ3) is 4.40. The number of rotatable bonds is 6. The second-order valence-corrected chi connectivity index (χ2v) is 6.18. The van der Waals surface area contributed by atoms with Crippen molar-refractivity contribution in [2.45, 2.75) is 13.3 Å². The lowest BCUT2D eigenvalue weighted by molar-refractivity contribution is -0.123. The average molecular weight is 373 g/mol. The van der Waals surface area contributed by atoms with Crippen molar-refractivity contribution in [1.82, 2.24) is 10.3 Å². The molecular weight excluding hydrogens is 356 g/mol. The Morgan fingerprint density at radius 2 is 2.04 bits per heavy atom. The lowest BCUT2D eigenvalue weighted by Crippen LogP contribution is -2.30. The van der Waals surface area contributed by atoms with E-state index in [1.807, 2.05) is 12.1 Å². The zero-order valence-corrected chi connectivity index (χ0v) is 14.9. The molecule has 2 aromatic heterocycles. The summed E-state index contributed by atoms with van der Waals surface area (Å²) in [5.41, 5.74) is 1.77. The number of hydrogen-bond acceptors (Lipinski definition) is 5. The Balaban J connectivity index is 1.59. The van der Waals surface area contributed by atoms with Crippen LogP contribution in [-0.2, 0) is 11.2 Å². The first-order chi connectivity index (χ1) is 12.5. The van der Waals surface area contributed by atoms with Crippen LogP contribution in [0.15, 0.2) is 51.9 Å². The summed E-state index contributed by atoms with van der Waals surface area (Å²) in [5.74, 6) is 0.0260. The molecule has 1 aromatic carbocycles. The zero-order valence-electron chi connectivity index (χ0n) is 14.1. The fraction of sp³-hybridized carbons (Fsp3) is 0.211. The number of amides is 1. The van der Waals surface area contributed by atoms with Crippen molar-refractivity contribution in [2.75, 3.05) is 13.2 Å². The molecule has 26 heavy (non-hydrogen) atoms. The maximum absolute atomic E-state index is 11.9. The summed E-state index contributed by atoms with van der Waals surface area (Å²) in [5, 5.41) is 3.85. The fourth-order valence-corrected chi connectivity index (χ4v) is 2.74. The molecule has 7 heteroatoms. The lowest BCUT2D eigenvalue weighted by Gasteiger charge is -2.10. The highest BCUT2D eigenvalue weighted by Crippen LogP contribution is 2.30. The normalized spacial score (nSPS) is 10.7. The average Bonchev–Trinajstić information content (AvgIpc) is 2.61. The molecule has 0 aliphatic heterocycles. The second-order valence-electron chi connectivity index (χ2n) is 5.77. The highest BCUT2D eigenvalue weighted by molar-refractivity contribution is 6.32. The fourth-order valence-electron chi connectivity index (χ4n) is 2.52. The van der Waals surface area contributed by atoms with Crippen LogP contribution in [0.5, 0.6) is 5.75 Å². The molecule has 0 saturated carbocycles. The van der Waals surface area contributed by atoms with Gasteiger partial charge in [0.2, 0.25) is 0 Å². The number of carbonyl (C=O) groups is 1. The number of benzene rings is 1. The van der Waals surface area contributed by atoms with Crippen LogP contribution in [-0.4, -0.2) is 24.0 Å². The van der Waals surface area contributed by atoms with Gasteiger partial charge in [0.1, 0.15) is 11.3 Å². The Kier molecular flexibility index (Phi) is 5.53. The molecule has 0 aliphatic carbocycles. The molecule has 0 bridgehead atoms. The van der Waals surface area contributed by atoms with Crippen LogP contribution in [0.1, 0.15) is 11.1 Å². The molecular formula is C19H17ClN2O4. The minimum Gasteiger partial charge on any atom is -0.482 e. The van der Waals surface area contributed by atoms with Crippen LogP contribution < -0.4 is 15.7 Å². The summed E-state index contributed by atoms with van der Waals surface area (Å²) < 4.78 is 10.6. The van der Waals surface area contributed by atoms with E-state index < -0.39 is 5.63 Å². The standard InChI is InChI=1S/C19H17ClN2O4/c1-12-8-19(24)26-16-10-17(15(20)9-14(12)16)25-11-18(23)22-7-4-13-2-5-21-6-3-13/h2-3,5-6,8-10H,4,7,11H2,1H3,(H,22,23). The van der Waals surface area contributed by atoms with Gasteiger partial charge in [-0.1, -0.05) is 11.6 Å². The molecule has 0 aliphatic rings. The van der Waals surface area contributed by atoms with E-state index in [4.69, 9.17) is 20.8 Å². The molecule has 134 valence electrons. The van der Waals surface area contributed by atoms with Crippen molar-refractivity contribution in [2.24, 2.45) is 0 Å². The van der Waals surface area contributed by atoms with Gasteiger partial charge in [0, 0.05) is 36.5 Å². The van der Waals surface area contributed by atoms with Crippen molar-refractivity contribution in [3.05, 3.63) is 69.3 Å². The number of aryl methyl sites for hydroxylation is 1. The highest BCUT2D eigenvalue weighted by Gasteiger charge is 2.11. The van der Waals surface area contributed by atoms with E-state index in [2.05, 4.69) is 10.3 Å². The summed E-state index contributed by atoms with van der Waals surface area (Å²) in [4.78, 5) is 27.4. The van der Waals surface area contributed by atoms with Crippen LogP contribution >= 0.6 is 11.6 Å². The number of nitrogens with zero attached hydrogens (tertiary/aromatic N) is 1. The Hall–Kier alpha value is -2.86. The van der Waals surface area contributed by atoms with E-state index in [0.717, 1.165) is 16.5 Å². The molecule has 3 rings (SSSR count). The van der Waals surface area contributed by atoms with Crippen molar-refractivity contribution in [1.29, 1.82) is 0 Å². The van der Waals surface area contributed by atoms with Gasteiger partial charge in [0.15, 0.2) is 6.61 Å². The van der Waals surface area contributed by atoms with Gasteiger partial charge in [-0.15, -0.1) is 0 Å². The van der Waals surface area contributed by atoms with Gasteiger partial charge >= 0.3 is 5.63 Å². The predicted molar refractivity (Wildman–Crippen MR) is 98.7 cm³/mol. The van der Waals surface area contributed by atoms with Gasteiger partial charge in [0.25, 0.3) is 5.91 Å². The molecule has 1 amide bonds. The maximum atomic E-state index is 11.9. The van der Waals surface area contributed by atoms with Gasteiger partial charge in [-0.2, -0.15) is 0 Å². The van der Waals surface area contributed by atoms with Crippen LogP contribution in [0.3, 0.4) is 0 Å². The molecule has 3 aromatic rings. The number of carbonyl (C=O) groups excluding carboxylic acids is 1. The van der Waals surface area contributed by atoms with Crippen molar-refractivity contribution < 1.29 is 13.9 Å². The molecule has 6 nitrogen and oxygen atoms in total. The topological polar surface area (TPSA) is 81.4 Å². The first kappa shape index (κ1) is 17.9. The third-order valence-corrected chi connectivity index (χ3v) is 4.14. The first-order valence-corrected chi connectivity index (χ1v) is 8.43. The van der Waals surface area contributed by atoms with Crippen LogP contribution in [0, 0.1) is 6.92 Å². The molecule has 0 fully saturated rings. The van der Waals surface area contributed by atoms with Gasteiger partial charge in [0.05, 0.1) is 5.02 Å². The smallest absolute Gasteiger partial charge is 0.336 e. The summed E-state index contributed by atoms with van der Waals surface area (Å²) in [6.45, 7) is 2.11. The Morgan fingerprint density at radius 3 is 2.81 bits per heavy atom. The molecule has 0 spiro atoms. The van der Waals surface area contributed by atoms with Gasteiger partial charge in [-0.3, -0.25) is 9.78 Å². The summed E-state index contributed by atoms with van der Waals surface area (Å²) in [7, 11) is 0. The number of ether oxygens (including phenoxy) is 1. The minimum absolute atomic E-state index is 0.183. The number of fused-ring (bicyclic) bond motifs is 1. The van der Waals surface area contributed by atoms with Crippen LogP contribution in [0.4, 0.5) is 0 Å². The summed E-state index contributed by atoms with van der Waals surface area (Å²) in [6, 6.07) is 8.37. The first-order valence-electron chi connectivity index (χ1n) is 8.05. The predicted octanol–water partition coefficient (Wildman–Crippen LogP) is 2.89. The quantitative estimate of drug-likeness (QED) is 0.673. The summed E-state index contributed by atoms with van der Waals surface area (Å²) in [6.07, 6.45) is 4.12. The van der Waals surface area contributed by atoms with Crippen molar-refractivity contribution in [3.8, 4) is 5.75 Å². The van der Waals surface area contributed by atoms with Crippen LogP contribution in [0.2, 0.25) is 5.02 Å². The van der Waals surface area contributed by atoms with E-state index in [-0.39, 0.29) is 18.3 Å². The molecule has 0 saturated heterocycles. The number of nitrogens with one attached hydrogen (secondary N) is 1.